The van der Waals surface area contributed by atoms with Crippen LogP contribution in [-0.2, 0) is 30.3 Å². The third-order valence-corrected chi connectivity index (χ3v) is 10.6. The largest absolute Gasteiger partial charge is 0.446 e. The number of alkyl carbamates (subject to hydrolysis) is 2. The molecule has 1 aromatic carbocycles. The fourth-order valence-corrected chi connectivity index (χ4v) is 8.08. The number of piperidine rings is 1. The summed E-state index contributed by atoms with van der Waals surface area (Å²) < 4.78 is 11.2. The molecule has 0 unspecified atom stereocenters. The number of carbonyl (C=O) groups is 5. The molecule has 0 aromatic heterocycles. The van der Waals surface area contributed by atoms with E-state index in [1.807, 2.05) is 84.0 Å². The van der Waals surface area contributed by atoms with E-state index in [0.717, 1.165) is 5.56 Å². The van der Waals surface area contributed by atoms with Gasteiger partial charge in [-0.05, 0) is 119 Å². The Morgan fingerprint density at radius 3 is 2.14 bits per heavy atom. The van der Waals surface area contributed by atoms with Gasteiger partial charge in [0, 0.05) is 43.1 Å². The molecule has 2 heterocycles. The van der Waals surface area contributed by atoms with E-state index in [4.69, 9.17) is 9.47 Å². The van der Waals surface area contributed by atoms with Crippen molar-refractivity contribution >= 4 is 29.9 Å². The lowest BCUT2D eigenvalue weighted by Gasteiger charge is -2.50. The Morgan fingerprint density at radius 1 is 0.898 bits per heavy atom. The molecule has 2 fully saturated rings. The molecule has 332 valence electrons. The molecule has 0 saturated carbocycles. The van der Waals surface area contributed by atoms with Crippen molar-refractivity contribution in [1.82, 2.24) is 31.2 Å². The lowest BCUT2D eigenvalue weighted by atomic mass is 9.80. The van der Waals surface area contributed by atoms with Crippen LogP contribution in [0.5, 0.6) is 0 Å². The third kappa shape index (κ3) is 16.4. The van der Waals surface area contributed by atoms with Crippen LogP contribution in [0.2, 0.25) is 0 Å². The van der Waals surface area contributed by atoms with Gasteiger partial charge in [0.15, 0.2) is 0 Å². The number of rotatable bonds is 18. The minimum absolute atomic E-state index is 0.148. The number of hydrogen-bond donors (Lipinski definition) is 5. The molecule has 2 aliphatic heterocycles. The van der Waals surface area contributed by atoms with E-state index in [1.165, 1.54) is 5.06 Å². The van der Waals surface area contributed by atoms with Crippen molar-refractivity contribution < 1.29 is 38.7 Å². The van der Waals surface area contributed by atoms with Crippen LogP contribution in [0.25, 0.3) is 0 Å². The normalized spacial score (nSPS) is 19.9. The first kappa shape index (κ1) is 49.2. The van der Waals surface area contributed by atoms with E-state index in [0.29, 0.717) is 70.9 Å². The molecule has 59 heavy (non-hydrogen) atoms. The first-order valence-electron chi connectivity index (χ1n) is 21.5. The van der Waals surface area contributed by atoms with E-state index in [2.05, 4.69) is 35.1 Å². The smallest absolute Gasteiger partial charge is 0.408 e. The Bertz CT molecular complexity index is 1560. The number of nitrogens with zero attached hydrogens (tertiary/aromatic N) is 2. The summed E-state index contributed by atoms with van der Waals surface area (Å²) in [6.45, 7) is 21.6. The predicted molar refractivity (Wildman–Crippen MR) is 228 cm³/mol. The number of likely N-dealkylation sites (tertiary alicyclic amines) is 1. The van der Waals surface area contributed by atoms with Gasteiger partial charge in [0.25, 0.3) is 0 Å². The number of nitrogens with one attached hydrogen (secondary N) is 4. The summed E-state index contributed by atoms with van der Waals surface area (Å²) in [7, 11) is 0. The highest BCUT2D eigenvalue weighted by Gasteiger charge is 2.46. The van der Waals surface area contributed by atoms with Gasteiger partial charge in [-0.25, -0.2) is 9.59 Å². The number of amides is 5. The van der Waals surface area contributed by atoms with Gasteiger partial charge >= 0.3 is 12.2 Å². The van der Waals surface area contributed by atoms with E-state index < -0.39 is 46.9 Å². The summed E-state index contributed by atoms with van der Waals surface area (Å²) in [4.78, 5) is 68.8. The second kappa shape index (κ2) is 21.9. The van der Waals surface area contributed by atoms with Gasteiger partial charge in [-0.2, -0.15) is 5.06 Å². The summed E-state index contributed by atoms with van der Waals surface area (Å²) >= 11 is 0. The minimum atomic E-state index is -0.835. The second-order valence-corrected chi connectivity index (χ2v) is 19.3. The summed E-state index contributed by atoms with van der Waals surface area (Å²) in [6.07, 6.45) is 6.84. The topological polar surface area (TPSA) is 179 Å². The molecule has 2 aliphatic rings. The summed E-state index contributed by atoms with van der Waals surface area (Å²) in [5, 5.41) is 23.5. The molecule has 5 N–H and O–H groups in total. The molecular weight excluding hydrogens is 753 g/mol. The van der Waals surface area contributed by atoms with Crippen molar-refractivity contribution in [3.8, 4) is 0 Å². The quantitative estimate of drug-likeness (QED) is 0.0801. The Labute approximate surface area is 352 Å². The van der Waals surface area contributed by atoms with Crippen LogP contribution in [0.1, 0.15) is 133 Å². The molecule has 0 spiro atoms. The Balaban J connectivity index is 1.68. The first-order chi connectivity index (χ1) is 27.5. The van der Waals surface area contributed by atoms with Gasteiger partial charge < -0.3 is 40.8 Å². The van der Waals surface area contributed by atoms with E-state index in [-0.39, 0.29) is 41.8 Å². The van der Waals surface area contributed by atoms with Crippen LogP contribution in [-0.4, -0.2) is 105 Å². The van der Waals surface area contributed by atoms with Crippen LogP contribution in [0, 0.1) is 11.8 Å². The van der Waals surface area contributed by atoms with Gasteiger partial charge in [-0.1, -0.05) is 56.3 Å². The highest BCUT2D eigenvalue weighted by atomic mass is 16.6. The molecule has 2 saturated heterocycles. The standard InChI is InChI=1S/C45H74N6O8/c1-30(2)26-34(48-42(56)59-43(5,6)7)23-22-33(27-32-18-13-12-14-19-32)40(54)50-25-17-21-37(50)39(53)49-36(38(52)47-31(3)4)20-15-16-24-46-41(55)58-35-28-44(8,9)51(57)45(10,11)29-35/h12-14,18-19,22-23,30-31,33-37,57H,15-17,20-21,24-29H2,1-11H3,(H,46,55)(H,47,52)(H,48,56)(H,49,53)/b23-22+/t33-,34-,36+,37+/m1/s1. The van der Waals surface area contributed by atoms with Crippen molar-refractivity contribution in [2.45, 2.75) is 181 Å². The predicted octanol–water partition coefficient (Wildman–Crippen LogP) is 6.65. The van der Waals surface area contributed by atoms with Crippen LogP contribution >= 0.6 is 0 Å². The first-order valence-corrected chi connectivity index (χ1v) is 21.5. The maximum Gasteiger partial charge on any atom is 0.408 e. The van der Waals surface area contributed by atoms with Gasteiger partial charge in [0.1, 0.15) is 23.8 Å². The van der Waals surface area contributed by atoms with Gasteiger partial charge in [-0.15, -0.1) is 0 Å². The van der Waals surface area contributed by atoms with Crippen LogP contribution in [0.3, 0.4) is 0 Å². The molecule has 0 radical (unpaired) electrons. The van der Waals surface area contributed by atoms with E-state index in [1.54, 1.807) is 25.7 Å². The fraction of sp³-hybridized carbons (Fsp3) is 0.711. The lowest BCUT2D eigenvalue weighted by Crippen LogP contribution is -2.60. The lowest BCUT2D eigenvalue weighted by molar-refractivity contribution is -0.256. The molecule has 0 aliphatic carbocycles. The molecule has 4 atom stereocenters. The zero-order valence-electron chi connectivity index (χ0n) is 37.6. The van der Waals surface area contributed by atoms with Gasteiger partial charge in [0.2, 0.25) is 17.7 Å². The van der Waals surface area contributed by atoms with Gasteiger partial charge in [-0.3, -0.25) is 14.4 Å². The van der Waals surface area contributed by atoms with Crippen molar-refractivity contribution in [3.63, 3.8) is 0 Å². The molecule has 5 amide bonds. The van der Waals surface area contributed by atoms with Crippen molar-refractivity contribution in [2.75, 3.05) is 13.1 Å². The summed E-state index contributed by atoms with van der Waals surface area (Å²) in [6, 6.07) is 7.58. The average molecular weight is 827 g/mol. The Kier molecular flexibility index (Phi) is 18.3. The molecule has 1 aromatic rings. The van der Waals surface area contributed by atoms with Gasteiger partial charge in [0.05, 0.1) is 12.0 Å². The average Bonchev–Trinajstić information content (AvgIpc) is 3.60. The molecule has 14 nitrogen and oxygen atoms in total. The number of carbonyl (C=O) groups excluding carboxylic acids is 5. The zero-order chi connectivity index (χ0) is 44.1. The highest BCUT2D eigenvalue weighted by molar-refractivity contribution is 5.93. The number of unbranched alkanes of at least 4 members (excludes halogenated alkanes) is 1. The fourth-order valence-electron chi connectivity index (χ4n) is 8.08. The molecular formula is C45H74N6O8. The van der Waals surface area contributed by atoms with Crippen LogP contribution in [0.15, 0.2) is 42.5 Å². The summed E-state index contributed by atoms with van der Waals surface area (Å²) in [5.74, 6) is -1.24. The molecule has 0 bridgehead atoms. The maximum atomic E-state index is 14.4. The Morgan fingerprint density at radius 2 is 1.54 bits per heavy atom. The molecule has 3 rings (SSSR count). The number of benzene rings is 1. The zero-order valence-corrected chi connectivity index (χ0v) is 37.6. The minimum Gasteiger partial charge on any atom is -0.446 e. The van der Waals surface area contributed by atoms with Crippen LogP contribution < -0.4 is 21.3 Å². The van der Waals surface area contributed by atoms with E-state index >= 15 is 0 Å². The molecule has 14 heteroatoms. The van der Waals surface area contributed by atoms with Crippen molar-refractivity contribution in [2.24, 2.45) is 11.8 Å². The van der Waals surface area contributed by atoms with Crippen molar-refractivity contribution in [1.29, 1.82) is 0 Å². The second-order valence-electron chi connectivity index (χ2n) is 19.3. The number of hydrogen-bond acceptors (Lipinski definition) is 9. The Hall–Kier alpha value is -4.17. The summed E-state index contributed by atoms with van der Waals surface area (Å²) in [5.41, 5.74) is -0.800. The third-order valence-electron chi connectivity index (χ3n) is 10.6. The highest BCUT2D eigenvalue weighted by Crippen LogP contribution is 2.38. The monoisotopic (exact) mass is 827 g/mol. The SMILES string of the molecule is CC(C)C[C@@H](/C=C/[C@H](Cc1ccccc1)C(=O)N1CCC[C@H]1C(=O)N[C@@H](CCCCNC(=O)OC1CC(C)(C)N(O)C(C)(C)C1)C(=O)NC(C)C)NC(=O)OC(C)(C)C. The van der Waals surface area contributed by atoms with Crippen molar-refractivity contribution in [3.05, 3.63) is 48.0 Å². The number of hydroxylamine groups is 2. The van der Waals surface area contributed by atoms with E-state index in [9.17, 15) is 29.2 Å². The number of ether oxygens (including phenoxy) is 2. The maximum absolute atomic E-state index is 14.4. The van der Waals surface area contributed by atoms with Crippen LogP contribution in [0.4, 0.5) is 9.59 Å².